The molecule has 1 unspecified atom stereocenters. The Balaban J connectivity index is 1.89. The zero-order valence-corrected chi connectivity index (χ0v) is 11.8. The van der Waals surface area contributed by atoms with Crippen LogP contribution in [0.5, 0.6) is 0 Å². The van der Waals surface area contributed by atoms with E-state index in [-0.39, 0.29) is 5.92 Å². The van der Waals surface area contributed by atoms with E-state index in [0.29, 0.717) is 12.2 Å². The molecule has 0 heterocycles. The summed E-state index contributed by atoms with van der Waals surface area (Å²) in [6.45, 7) is 0. The molecular formula is C20H16O. The van der Waals surface area contributed by atoms with Gasteiger partial charge < -0.3 is 0 Å². The summed E-state index contributed by atoms with van der Waals surface area (Å²) in [5, 5.41) is 2.42. The molecule has 0 fully saturated rings. The highest BCUT2D eigenvalue weighted by molar-refractivity contribution is 5.93. The molecule has 1 nitrogen and oxygen atoms in total. The average molecular weight is 272 g/mol. The predicted molar refractivity (Wildman–Crippen MR) is 85.6 cm³/mol. The monoisotopic (exact) mass is 272 g/mol. The van der Waals surface area contributed by atoms with Gasteiger partial charge in [0, 0.05) is 6.42 Å². The summed E-state index contributed by atoms with van der Waals surface area (Å²) in [5.41, 5.74) is 3.62. The third-order valence-corrected chi connectivity index (χ3v) is 4.44. The number of ketones is 1. The van der Waals surface area contributed by atoms with Crippen molar-refractivity contribution in [3.8, 4) is 0 Å². The Morgan fingerprint density at radius 3 is 2.43 bits per heavy atom. The Morgan fingerprint density at radius 2 is 1.52 bits per heavy atom. The Morgan fingerprint density at radius 1 is 0.762 bits per heavy atom. The molecule has 0 aromatic heterocycles. The Labute approximate surface area is 124 Å². The lowest BCUT2D eigenvalue weighted by Gasteiger charge is -2.25. The van der Waals surface area contributed by atoms with Gasteiger partial charge in [-0.05, 0) is 33.9 Å². The van der Waals surface area contributed by atoms with Crippen molar-refractivity contribution in [3.63, 3.8) is 0 Å². The third-order valence-electron chi connectivity index (χ3n) is 4.44. The van der Waals surface area contributed by atoms with Crippen molar-refractivity contribution in [2.45, 2.75) is 18.8 Å². The Kier molecular flexibility index (Phi) is 2.85. The quantitative estimate of drug-likeness (QED) is 0.638. The van der Waals surface area contributed by atoms with Gasteiger partial charge in [0.2, 0.25) is 0 Å². The van der Waals surface area contributed by atoms with Crippen LogP contribution >= 0.6 is 0 Å². The van der Waals surface area contributed by atoms with Crippen LogP contribution in [0.4, 0.5) is 0 Å². The minimum atomic E-state index is -0.0976. The molecule has 0 spiro atoms. The van der Waals surface area contributed by atoms with Gasteiger partial charge in [-0.15, -0.1) is 0 Å². The van der Waals surface area contributed by atoms with E-state index in [1.165, 1.54) is 21.9 Å². The highest BCUT2D eigenvalue weighted by atomic mass is 16.1. The number of rotatable bonds is 1. The fourth-order valence-corrected chi connectivity index (χ4v) is 3.37. The maximum atomic E-state index is 12.5. The van der Waals surface area contributed by atoms with Gasteiger partial charge in [0.1, 0.15) is 5.78 Å². The van der Waals surface area contributed by atoms with Crippen LogP contribution < -0.4 is 0 Å². The van der Waals surface area contributed by atoms with E-state index in [9.17, 15) is 4.79 Å². The van der Waals surface area contributed by atoms with Crippen LogP contribution in [-0.2, 0) is 11.2 Å². The molecule has 3 aromatic rings. The second-order valence-electron chi connectivity index (χ2n) is 5.70. The smallest absolute Gasteiger partial charge is 0.145 e. The van der Waals surface area contributed by atoms with Crippen molar-refractivity contribution < 1.29 is 4.79 Å². The third kappa shape index (κ3) is 2.06. The molecule has 0 saturated heterocycles. The van der Waals surface area contributed by atoms with Gasteiger partial charge >= 0.3 is 0 Å². The number of benzene rings is 3. The van der Waals surface area contributed by atoms with E-state index < -0.39 is 0 Å². The van der Waals surface area contributed by atoms with Crippen LogP contribution in [0, 0.1) is 0 Å². The first-order valence-electron chi connectivity index (χ1n) is 7.42. The summed E-state index contributed by atoms with van der Waals surface area (Å²) < 4.78 is 0. The van der Waals surface area contributed by atoms with E-state index in [1.54, 1.807) is 0 Å². The zero-order valence-electron chi connectivity index (χ0n) is 11.8. The van der Waals surface area contributed by atoms with E-state index in [1.807, 2.05) is 18.2 Å². The Bertz CT molecular complexity index is 832. The molecule has 0 amide bonds. The van der Waals surface area contributed by atoms with Gasteiger partial charge in [0.25, 0.3) is 0 Å². The molecule has 0 bridgehead atoms. The van der Waals surface area contributed by atoms with Gasteiger partial charge in [-0.2, -0.15) is 0 Å². The number of Topliss-reactive ketones (excluding diaryl/α,β-unsaturated/α-hetero) is 1. The first-order chi connectivity index (χ1) is 10.3. The molecular weight excluding hydrogens is 256 g/mol. The van der Waals surface area contributed by atoms with Gasteiger partial charge in [-0.1, -0.05) is 66.7 Å². The molecule has 102 valence electrons. The molecule has 4 rings (SSSR count). The van der Waals surface area contributed by atoms with Crippen LogP contribution in [0.25, 0.3) is 10.8 Å². The zero-order chi connectivity index (χ0) is 14.2. The van der Waals surface area contributed by atoms with Crippen LogP contribution in [0.2, 0.25) is 0 Å². The van der Waals surface area contributed by atoms with Gasteiger partial charge in [-0.3, -0.25) is 4.79 Å². The summed E-state index contributed by atoms with van der Waals surface area (Å²) in [6.07, 6.45) is 1.52. The number of fused-ring (bicyclic) bond motifs is 2. The van der Waals surface area contributed by atoms with E-state index in [2.05, 4.69) is 48.5 Å². The van der Waals surface area contributed by atoms with E-state index >= 15 is 0 Å². The topological polar surface area (TPSA) is 17.1 Å². The van der Waals surface area contributed by atoms with Gasteiger partial charge in [-0.25, -0.2) is 0 Å². The van der Waals surface area contributed by atoms with Crippen molar-refractivity contribution in [1.82, 2.24) is 0 Å². The van der Waals surface area contributed by atoms with E-state index in [0.717, 1.165) is 12.0 Å². The number of hydrogen-bond donors (Lipinski definition) is 0. The fraction of sp³-hybridized carbons (Fsp3) is 0.150. The second kappa shape index (κ2) is 4.85. The first kappa shape index (κ1) is 12.3. The largest absolute Gasteiger partial charge is 0.299 e. The van der Waals surface area contributed by atoms with E-state index in [4.69, 9.17) is 0 Å². The molecule has 0 saturated carbocycles. The normalized spacial score (nSPS) is 17.7. The maximum absolute atomic E-state index is 12.5. The lowest BCUT2D eigenvalue weighted by molar-refractivity contribution is -0.120. The molecule has 1 atom stereocenters. The molecule has 3 aromatic carbocycles. The summed E-state index contributed by atoms with van der Waals surface area (Å²) in [6, 6.07) is 23.0. The molecule has 0 radical (unpaired) electrons. The van der Waals surface area contributed by atoms with Gasteiger partial charge in [0.15, 0.2) is 0 Å². The summed E-state index contributed by atoms with van der Waals surface area (Å²) in [7, 11) is 0. The minimum absolute atomic E-state index is 0.0976. The van der Waals surface area contributed by atoms with Crippen LogP contribution in [0.1, 0.15) is 29.0 Å². The van der Waals surface area contributed by atoms with Crippen LogP contribution in [0.15, 0.2) is 66.7 Å². The van der Waals surface area contributed by atoms with Crippen molar-refractivity contribution in [2.24, 2.45) is 0 Å². The summed E-state index contributed by atoms with van der Waals surface area (Å²) in [4.78, 5) is 12.5. The molecule has 1 heteroatoms. The minimum Gasteiger partial charge on any atom is -0.299 e. The van der Waals surface area contributed by atoms with Crippen molar-refractivity contribution in [1.29, 1.82) is 0 Å². The molecule has 1 aliphatic carbocycles. The maximum Gasteiger partial charge on any atom is 0.145 e. The molecule has 1 aliphatic rings. The molecule has 21 heavy (non-hydrogen) atoms. The van der Waals surface area contributed by atoms with Crippen molar-refractivity contribution >= 4 is 16.6 Å². The lowest BCUT2D eigenvalue weighted by atomic mass is 9.78. The SMILES string of the molecule is O=C1CCc2ccccc2C1c1ccc2ccccc2c1. The standard InChI is InChI=1S/C20H16O/c21-19-12-11-15-6-3-4-8-18(15)20(19)17-10-9-14-5-1-2-7-16(14)13-17/h1-10,13,20H,11-12H2. The fourth-order valence-electron chi connectivity index (χ4n) is 3.37. The second-order valence-corrected chi connectivity index (χ2v) is 5.70. The van der Waals surface area contributed by atoms with Crippen LogP contribution in [0.3, 0.4) is 0 Å². The average Bonchev–Trinajstić information content (AvgIpc) is 2.54. The number of hydrogen-bond acceptors (Lipinski definition) is 1. The summed E-state index contributed by atoms with van der Waals surface area (Å²) >= 11 is 0. The number of carbonyl (C=O) groups excluding carboxylic acids is 1. The summed E-state index contributed by atoms with van der Waals surface area (Å²) in [5.74, 6) is 0.239. The highest BCUT2D eigenvalue weighted by Gasteiger charge is 2.28. The lowest BCUT2D eigenvalue weighted by Crippen LogP contribution is -2.21. The molecule has 0 aliphatic heterocycles. The Hall–Kier alpha value is -2.41. The molecule has 0 N–H and O–H groups in total. The van der Waals surface area contributed by atoms with Gasteiger partial charge in [0.05, 0.1) is 5.92 Å². The predicted octanol–water partition coefficient (Wildman–Crippen LogP) is 4.49. The highest BCUT2D eigenvalue weighted by Crippen LogP contribution is 2.35. The van der Waals surface area contributed by atoms with Crippen LogP contribution in [-0.4, -0.2) is 5.78 Å². The number of aryl methyl sites for hydroxylation is 1. The van der Waals surface area contributed by atoms with Crippen molar-refractivity contribution in [3.05, 3.63) is 83.4 Å². The number of carbonyl (C=O) groups is 1. The van der Waals surface area contributed by atoms with Crippen molar-refractivity contribution in [2.75, 3.05) is 0 Å². The first-order valence-corrected chi connectivity index (χ1v) is 7.42.